The number of aromatic nitrogens is 4. The Kier molecular flexibility index (Phi) is 3.76. The van der Waals surface area contributed by atoms with E-state index in [0.29, 0.717) is 11.4 Å². The molecule has 2 aromatic carbocycles. The fourth-order valence-electron chi connectivity index (χ4n) is 2.90. The lowest BCUT2D eigenvalue weighted by Gasteiger charge is -2.05. The zero-order chi connectivity index (χ0) is 18.3. The molecule has 1 amide bonds. The highest BCUT2D eigenvalue weighted by atomic mass is 16.3. The topological polar surface area (TPSA) is 85.8 Å². The summed E-state index contributed by atoms with van der Waals surface area (Å²) < 4.78 is 7.43. The first kappa shape index (κ1) is 16.0. The summed E-state index contributed by atoms with van der Waals surface area (Å²) >= 11 is 0. The Balaban J connectivity index is 1.61. The van der Waals surface area contributed by atoms with Gasteiger partial charge in [-0.2, -0.15) is 0 Å². The van der Waals surface area contributed by atoms with Crippen molar-refractivity contribution >= 4 is 22.6 Å². The number of hydrogen-bond donors (Lipinski definition) is 1. The van der Waals surface area contributed by atoms with Gasteiger partial charge in [0.05, 0.1) is 5.69 Å². The van der Waals surface area contributed by atoms with E-state index < -0.39 is 0 Å². The van der Waals surface area contributed by atoms with Crippen molar-refractivity contribution in [1.82, 2.24) is 20.2 Å². The highest BCUT2D eigenvalue weighted by Gasteiger charge is 2.19. The van der Waals surface area contributed by atoms with Gasteiger partial charge in [0.25, 0.3) is 5.91 Å². The second-order valence-corrected chi connectivity index (χ2v) is 6.20. The zero-order valence-corrected chi connectivity index (χ0v) is 14.6. The van der Waals surface area contributed by atoms with Gasteiger partial charge < -0.3 is 9.73 Å². The third kappa shape index (κ3) is 2.63. The molecule has 4 aromatic rings. The normalized spacial score (nSPS) is 11.0. The molecule has 26 heavy (non-hydrogen) atoms. The van der Waals surface area contributed by atoms with Crippen LogP contribution in [0.25, 0.3) is 16.7 Å². The van der Waals surface area contributed by atoms with Crippen LogP contribution in [0.1, 0.15) is 27.2 Å². The molecule has 0 saturated heterocycles. The van der Waals surface area contributed by atoms with E-state index in [4.69, 9.17) is 4.42 Å². The Hall–Kier alpha value is -3.48. The number of aryl methyl sites for hydroxylation is 3. The van der Waals surface area contributed by atoms with Gasteiger partial charge >= 0.3 is 0 Å². The van der Waals surface area contributed by atoms with E-state index in [0.717, 1.165) is 33.3 Å². The largest absolute Gasteiger partial charge is 0.450 e. The van der Waals surface area contributed by atoms with Crippen LogP contribution in [-0.2, 0) is 0 Å². The molecule has 4 rings (SSSR count). The van der Waals surface area contributed by atoms with Crippen LogP contribution in [0.15, 0.2) is 47.1 Å². The summed E-state index contributed by atoms with van der Waals surface area (Å²) in [6, 6.07) is 11.3. The number of anilines is 1. The quantitative estimate of drug-likeness (QED) is 0.612. The smallest absolute Gasteiger partial charge is 0.291 e. The van der Waals surface area contributed by atoms with Crippen molar-refractivity contribution in [2.75, 3.05) is 5.32 Å². The standard InChI is InChI=1S/C19H17N5O2/c1-11-4-9-16-13(3)18(26-17(16)12(11)2)19(25)21-14-5-7-15(8-6-14)24-10-20-22-23-24/h4-10H,1-3H3,(H,21,25). The van der Waals surface area contributed by atoms with Gasteiger partial charge in [-0.15, -0.1) is 5.10 Å². The molecule has 2 aromatic heterocycles. The Labute approximate surface area is 149 Å². The number of furan rings is 1. The average molecular weight is 347 g/mol. The van der Waals surface area contributed by atoms with E-state index >= 15 is 0 Å². The molecule has 0 atom stereocenters. The predicted molar refractivity (Wildman–Crippen MR) is 97.5 cm³/mol. The number of carbonyl (C=O) groups excluding carboxylic acids is 1. The molecular weight excluding hydrogens is 330 g/mol. The second kappa shape index (κ2) is 6.11. The van der Waals surface area contributed by atoms with E-state index in [9.17, 15) is 4.79 Å². The molecule has 0 saturated carbocycles. The maximum absolute atomic E-state index is 12.7. The minimum absolute atomic E-state index is 0.272. The van der Waals surface area contributed by atoms with E-state index in [1.165, 1.54) is 6.33 Å². The number of rotatable bonds is 3. The Morgan fingerprint density at radius 3 is 2.50 bits per heavy atom. The molecule has 0 aliphatic carbocycles. The van der Waals surface area contributed by atoms with Crippen LogP contribution in [0.4, 0.5) is 5.69 Å². The number of benzene rings is 2. The summed E-state index contributed by atoms with van der Waals surface area (Å²) in [4.78, 5) is 12.7. The lowest BCUT2D eigenvalue weighted by atomic mass is 10.0. The summed E-state index contributed by atoms with van der Waals surface area (Å²) in [6.45, 7) is 5.93. The average Bonchev–Trinajstić information content (AvgIpc) is 3.28. The fourth-order valence-corrected chi connectivity index (χ4v) is 2.90. The maximum atomic E-state index is 12.7. The van der Waals surface area contributed by atoms with Gasteiger partial charge in [0.2, 0.25) is 0 Å². The molecule has 7 nitrogen and oxygen atoms in total. The van der Waals surface area contributed by atoms with E-state index in [2.05, 4.69) is 20.8 Å². The monoisotopic (exact) mass is 347 g/mol. The summed E-state index contributed by atoms with van der Waals surface area (Å²) in [6.07, 6.45) is 1.51. The Bertz CT molecular complexity index is 1100. The van der Waals surface area contributed by atoms with Gasteiger partial charge in [-0.3, -0.25) is 4.79 Å². The predicted octanol–water partition coefficient (Wildman–Crippen LogP) is 3.59. The number of fused-ring (bicyclic) bond motifs is 1. The second-order valence-electron chi connectivity index (χ2n) is 6.20. The minimum Gasteiger partial charge on any atom is -0.450 e. The minimum atomic E-state index is -0.272. The van der Waals surface area contributed by atoms with Crippen molar-refractivity contribution in [2.45, 2.75) is 20.8 Å². The Morgan fingerprint density at radius 2 is 1.81 bits per heavy atom. The van der Waals surface area contributed by atoms with Crippen LogP contribution in [0.5, 0.6) is 0 Å². The maximum Gasteiger partial charge on any atom is 0.291 e. The third-order valence-corrected chi connectivity index (χ3v) is 4.57. The SMILES string of the molecule is Cc1ccc2c(C)c(C(=O)Nc3ccc(-n4cnnn4)cc3)oc2c1C. The molecule has 0 aliphatic rings. The van der Waals surface area contributed by atoms with E-state index in [1.54, 1.807) is 16.8 Å². The number of nitrogens with zero attached hydrogens (tertiary/aromatic N) is 4. The van der Waals surface area contributed by atoms with Crippen LogP contribution in [0, 0.1) is 20.8 Å². The van der Waals surface area contributed by atoms with Crippen molar-refractivity contribution in [3.05, 3.63) is 65.2 Å². The summed E-state index contributed by atoms with van der Waals surface area (Å²) in [5.74, 6) is 0.0594. The lowest BCUT2D eigenvalue weighted by molar-refractivity contribution is 0.0998. The Morgan fingerprint density at radius 1 is 1.04 bits per heavy atom. The summed E-state index contributed by atoms with van der Waals surface area (Å²) in [5, 5.41) is 14.9. The van der Waals surface area contributed by atoms with Crippen LogP contribution < -0.4 is 5.32 Å². The molecular formula is C19H17N5O2. The molecule has 0 fully saturated rings. The summed E-state index contributed by atoms with van der Waals surface area (Å²) in [7, 11) is 0. The molecule has 0 bridgehead atoms. The molecule has 0 radical (unpaired) electrons. The molecule has 0 spiro atoms. The van der Waals surface area contributed by atoms with Gasteiger partial charge in [-0.25, -0.2) is 4.68 Å². The van der Waals surface area contributed by atoms with Gasteiger partial charge in [0.1, 0.15) is 11.9 Å². The van der Waals surface area contributed by atoms with Gasteiger partial charge in [0, 0.05) is 16.6 Å². The number of amides is 1. The van der Waals surface area contributed by atoms with Crippen molar-refractivity contribution in [3.63, 3.8) is 0 Å². The van der Waals surface area contributed by atoms with Gasteiger partial charge in [-0.05, 0) is 66.6 Å². The number of hydrogen-bond acceptors (Lipinski definition) is 5. The lowest BCUT2D eigenvalue weighted by Crippen LogP contribution is -2.12. The fraction of sp³-hybridized carbons (Fsp3) is 0.158. The first-order valence-corrected chi connectivity index (χ1v) is 8.18. The number of carbonyl (C=O) groups is 1. The van der Waals surface area contributed by atoms with E-state index in [-0.39, 0.29) is 5.91 Å². The molecule has 1 N–H and O–H groups in total. The van der Waals surface area contributed by atoms with Crippen LogP contribution in [-0.4, -0.2) is 26.1 Å². The number of nitrogens with one attached hydrogen (secondary N) is 1. The van der Waals surface area contributed by atoms with Crippen LogP contribution in [0.2, 0.25) is 0 Å². The first-order valence-electron chi connectivity index (χ1n) is 8.18. The van der Waals surface area contributed by atoms with Gasteiger partial charge in [-0.1, -0.05) is 12.1 Å². The summed E-state index contributed by atoms with van der Waals surface area (Å²) in [5.41, 5.74) is 5.26. The molecule has 0 aliphatic heterocycles. The molecule has 7 heteroatoms. The highest BCUT2D eigenvalue weighted by Crippen LogP contribution is 2.30. The van der Waals surface area contributed by atoms with Crippen molar-refractivity contribution in [3.8, 4) is 5.69 Å². The zero-order valence-electron chi connectivity index (χ0n) is 14.6. The van der Waals surface area contributed by atoms with Crippen molar-refractivity contribution in [1.29, 1.82) is 0 Å². The van der Waals surface area contributed by atoms with Gasteiger partial charge in [0.15, 0.2) is 5.76 Å². The molecule has 0 unspecified atom stereocenters. The number of tetrazole rings is 1. The van der Waals surface area contributed by atoms with Crippen LogP contribution >= 0.6 is 0 Å². The van der Waals surface area contributed by atoms with E-state index in [1.807, 2.05) is 45.0 Å². The third-order valence-electron chi connectivity index (χ3n) is 4.57. The van der Waals surface area contributed by atoms with Crippen LogP contribution in [0.3, 0.4) is 0 Å². The highest BCUT2D eigenvalue weighted by molar-refractivity contribution is 6.06. The van der Waals surface area contributed by atoms with Crippen molar-refractivity contribution < 1.29 is 9.21 Å². The van der Waals surface area contributed by atoms with Crippen molar-refractivity contribution in [2.24, 2.45) is 0 Å². The first-order chi connectivity index (χ1) is 12.5. The molecule has 130 valence electrons. The molecule has 2 heterocycles.